The fraction of sp³-hybridized carbons (Fsp3) is 0.273. The third kappa shape index (κ3) is 2.34. The number of hydrazone groups is 1. The first kappa shape index (κ1) is 16.9. The number of carbonyl (C=O) groups is 1. The first-order chi connectivity index (χ1) is 13.7. The van der Waals surface area contributed by atoms with Crippen molar-refractivity contribution in [3.05, 3.63) is 70.5 Å². The van der Waals surface area contributed by atoms with Gasteiger partial charge >= 0.3 is 0 Å². The monoisotopic (exact) mass is 371 g/mol. The lowest BCUT2D eigenvalue weighted by Gasteiger charge is -2.27. The molecule has 0 saturated heterocycles. The third-order valence-electron chi connectivity index (χ3n) is 5.66. The van der Waals surface area contributed by atoms with E-state index in [2.05, 4.69) is 35.4 Å². The molecule has 1 aromatic carbocycles. The minimum Gasteiger partial charge on any atom is -0.341 e. The summed E-state index contributed by atoms with van der Waals surface area (Å²) in [7, 11) is 0. The van der Waals surface area contributed by atoms with Crippen LogP contribution < -0.4 is 5.43 Å². The van der Waals surface area contributed by atoms with E-state index < -0.39 is 0 Å². The number of rotatable bonds is 3. The second-order valence-corrected chi connectivity index (χ2v) is 7.11. The molecule has 0 spiro atoms. The van der Waals surface area contributed by atoms with Crippen LogP contribution in [0, 0.1) is 5.92 Å². The van der Waals surface area contributed by atoms with E-state index >= 15 is 0 Å². The van der Waals surface area contributed by atoms with Gasteiger partial charge in [-0.2, -0.15) is 5.10 Å². The molecule has 4 aliphatic rings. The van der Waals surface area contributed by atoms with Gasteiger partial charge < -0.3 is 10.3 Å². The fourth-order valence-electron chi connectivity index (χ4n) is 4.19. The van der Waals surface area contributed by atoms with Crippen molar-refractivity contribution in [1.82, 2.24) is 10.3 Å². The van der Waals surface area contributed by atoms with Crippen LogP contribution in [-0.4, -0.2) is 47.7 Å². The fourth-order valence-corrected chi connectivity index (χ4v) is 4.19. The molecule has 2 unspecified atom stereocenters. The average molecular weight is 371 g/mol. The number of Topliss-reactive ketones (excluding diaryl/α,β-unsaturated/α-hetero) is 1. The molecule has 2 heterocycles. The minimum absolute atomic E-state index is 0.00287. The molecule has 1 aromatic rings. The van der Waals surface area contributed by atoms with E-state index in [1.807, 2.05) is 42.6 Å². The predicted molar refractivity (Wildman–Crippen MR) is 111 cm³/mol. The number of hydrogen-bond acceptors (Lipinski definition) is 6. The van der Waals surface area contributed by atoms with Gasteiger partial charge in [-0.05, 0) is 19.4 Å². The lowest BCUT2D eigenvalue weighted by molar-refractivity contribution is 0.103. The molecule has 140 valence electrons. The number of ketones is 1. The molecule has 6 heteroatoms. The molecular weight excluding hydrogens is 350 g/mol. The third-order valence-corrected chi connectivity index (χ3v) is 5.66. The molecule has 0 amide bonds. The number of allylic oxidation sites excluding steroid dienone is 3. The molecule has 2 aliphatic carbocycles. The molecule has 28 heavy (non-hydrogen) atoms. The van der Waals surface area contributed by atoms with Gasteiger partial charge in [-0.15, -0.1) is 0 Å². The topological polar surface area (TPSA) is 69.4 Å². The first-order valence-electron chi connectivity index (χ1n) is 9.71. The number of carbonyl (C=O) groups excluding carboxylic acids is 1. The Labute approximate surface area is 163 Å². The molecule has 0 bridgehead atoms. The Kier molecular flexibility index (Phi) is 3.86. The van der Waals surface area contributed by atoms with Crippen LogP contribution >= 0.6 is 0 Å². The highest BCUT2D eigenvalue weighted by Gasteiger charge is 2.40. The second-order valence-electron chi connectivity index (χ2n) is 7.11. The highest BCUT2D eigenvalue weighted by molar-refractivity contribution is 6.33. The molecule has 5 rings (SSSR count). The molecule has 0 fully saturated rings. The van der Waals surface area contributed by atoms with Crippen LogP contribution in [0.1, 0.15) is 29.8 Å². The lowest BCUT2D eigenvalue weighted by atomic mass is 9.78. The lowest BCUT2D eigenvalue weighted by Crippen LogP contribution is -2.34. The van der Waals surface area contributed by atoms with Gasteiger partial charge in [0.2, 0.25) is 5.96 Å². The highest BCUT2D eigenvalue weighted by Crippen LogP contribution is 2.38. The van der Waals surface area contributed by atoms with Crippen molar-refractivity contribution in [1.29, 1.82) is 0 Å². The van der Waals surface area contributed by atoms with E-state index in [0.29, 0.717) is 22.8 Å². The van der Waals surface area contributed by atoms with Crippen LogP contribution in [0.4, 0.5) is 0 Å². The van der Waals surface area contributed by atoms with Crippen LogP contribution in [0.3, 0.4) is 0 Å². The molecule has 0 saturated carbocycles. The normalized spacial score (nSPS) is 24.2. The van der Waals surface area contributed by atoms with Crippen molar-refractivity contribution in [3.63, 3.8) is 0 Å². The maximum atomic E-state index is 13.5. The van der Waals surface area contributed by atoms with E-state index in [-0.39, 0.29) is 17.7 Å². The highest BCUT2D eigenvalue weighted by atomic mass is 16.1. The summed E-state index contributed by atoms with van der Waals surface area (Å²) in [4.78, 5) is 25.3. The van der Waals surface area contributed by atoms with Crippen molar-refractivity contribution >= 4 is 23.7 Å². The van der Waals surface area contributed by atoms with Crippen LogP contribution in [0.2, 0.25) is 0 Å². The summed E-state index contributed by atoms with van der Waals surface area (Å²) < 4.78 is 0. The van der Waals surface area contributed by atoms with Crippen molar-refractivity contribution in [2.75, 3.05) is 13.1 Å². The van der Waals surface area contributed by atoms with Crippen molar-refractivity contribution in [2.45, 2.75) is 19.9 Å². The Hall–Kier alpha value is -3.28. The van der Waals surface area contributed by atoms with Crippen LogP contribution in [0.25, 0.3) is 0 Å². The Balaban J connectivity index is 1.72. The molecule has 6 nitrogen and oxygen atoms in total. The predicted octanol–water partition coefficient (Wildman–Crippen LogP) is 2.71. The van der Waals surface area contributed by atoms with Crippen LogP contribution in [-0.2, 0) is 0 Å². The van der Waals surface area contributed by atoms with Crippen molar-refractivity contribution in [2.24, 2.45) is 21.0 Å². The van der Waals surface area contributed by atoms with Crippen LogP contribution in [0.15, 0.2) is 74.4 Å². The van der Waals surface area contributed by atoms with Crippen LogP contribution in [0.5, 0.6) is 0 Å². The standard InChI is InChI=1S/C22H21N5O/c1-3-27(4-2)22-24-19-14-9-5-6-10-15(14)21(28)17(20(19)25-22)16-11-7-8-13-12-23-26-18(13)16/h5-13,18,26H,3-4H2,1-2H3. The smallest absolute Gasteiger partial charge is 0.226 e. The Bertz CT molecular complexity index is 1050. The van der Waals surface area contributed by atoms with E-state index in [1.165, 1.54) is 0 Å². The molecular formula is C22H21N5O. The van der Waals surface area contributed by atoms with Gasteiger partial charge in [0.25, 0.3) is 0 Å². The zero-order valence-corrected chi connectivity index (χ0v) is 15.9. The SMILES string of the molecule is CCN(CC)C1=NC2=C(C3=CC=CC4C=NNC34)C(=O)c3ccccc3C2=N1. The van der Waals surface area contributed by atoms with E-state index in [1.54, 1.807) is 0 Å². The van der Waals surface area contributed by atoms with Gasteiger partial charge in [0.05, 0.1) is 11.6 Å². The number of guanidine groups is 1. The first-order valence-corrected chi connectivity index (χ1v) is 9.71. The summed E-state index contributed by atoms with van der Waals surface area (Å²) in [5.41, 5.74) is 7.73. The number of nitrogens with zero attached hydrogens (tertiary/aromatic N) is 4. The quantitative estimate of drug-likeness (QED) is 0.888. The van der Waals surface area contributed by atoms with Gasteiger partial charge in [0.1, 0.15) is 11.4 Å². The number of nitrogens with one attached hydrogen (secondary N) is 1. The molecule has 0 radical (unpaired) electrons. The summed E-state index contributed by atoms with van der Waals surface area (Å²) in [6, 6.07) is 7.63. The largest absolute Gasteiger partial charge is 0.341 e. The van der Waals surface area contributed by atoms with Gasteiger partial charge in [0, 0.05) is 36.3 Å². The Morgan fingerprint density at radius 1 is 1.11 bits per heavy atom. The Morgan fingerprint density at radius 3 is 2.68 bits per heavy atom. The number of hydrogen-bond donors (Lipinski definition) is 1. The summed E-state index contributed by atoms with van der Waals surface area (Å²) in [6.07, 6.45) is 7.98. The van der Waals surface area contributed by atoms with Crippen molar-refractivity contribution < 1.29 is 4.79 Å². The summed E-state index contributed by atoms with van der Waals surface area (Å²) in [5.74, 6) is 0.824. The van der Waals surface area contributed by atoms with Gasteiger partial charge in [-0.1, -0.05) is 42.5 Å². The zero-order chi connectivity index (χ0) is 19.3. The molecule has 2 aliphatic heterocycles. The molecule has 0 aromatic heterocycles. The number of aliphatic imine (C=N–C) groups is 2. The van der Waals surface area contributed by atoms with Gasteiger partial charge in [-0.25, -0.2) is 9.98 Å². The Morgan fingerprint density at radius 2 is 1.89 bits per heavy atom. The minimum atomic E-state index is -0.0457. The average Bonchev–Trinajstić information content (AvgIpc) is 3.37. The number of benzene rings is 1. The molecule has 2 atom stereocenters. The zero-order valence-electron chi connectivity index (χ0n) is 15.9. The van der Waals surface area contributed by atoms with Gasteiger partial charge in [0.15, 0.2) is 5.78 Å². The number of fused-ring (bicyclic) bond motifs is 4. The van der Waals surface area contributed by atoms with E-state index in [0.717, 1.165) is 29.9 Å². The maximum absolute atomic E-state index is 13.5. The van der Waals surface area contributed by atoms with E-state index in [4.69, 9.17) is 9.98 Å². The summed E-state index contributed by atoms with van der Waals surface area (Å²) in [6.45, 7) is 5.80. The second kappa shape index (κ2) is 6.41. The summed E-state index contributed by atoms with van der Waals surface area (Å²) in [5, 5.41) is 4.22. The van der Waals surface area contributed by atoms with Gasteiger partial charge in [-0.3, -0.25) is 4.79 Å². The maximum Gasteiger partial charge on any atom is 0.226 e. The molecule has 1 N–H and O–H groups in total. The van der Waals surface area contributed by atoms with Crippen molar-refractivity contribution in [3.8, 4) is 0 Å². The van der Waals surface area contributed by atoms with E-state index in [9.17, 15) is 4.79 Å². The summed E-state index contributed by atoms with van der Waals surface area (Å²) >= 11 is 0.